The number of benzene rings is 2. The monoisotopic (exact) mass is 477 g/mol. The van der Waals surface area contributed by atoms with Gasteiger partial charge in [-0.25, -0.2) is 18.1 Å². The zero-order valence-electron chi connectivity index (χ0n) is 18.3. The highest BCUT2D eigenvalue weighted by molar-refractivity contribution is 7.89. The van der Waals surface area contributed by atoms with Crippen molar-refractivity contribution in [1.82, 2.24) is 20.0 Å². The molecule has 0 aliphatic carbocycles. The van der Waals surface area contributed by atoms with E-state index < -0.39 is 28.5 Å². The van der Waals surface area contributed by atoms with Crippen LogP contribution < -0.4 is 15.4 Å². The average molecular weight is 478 g/mol. The van der Waals surface area contributed by atoms with E-state index in [2.05, 4.69) is 25.3 Å². The minimum atomic E-state index is -3.92. The number of H-pyrrole nitrogens is 1. The number of hydrogen-bond donors (Lipinski definition) is 4. The second kappa shape index (κ2) is 9.86. The van der Waals surface area contributed by atoms with Crippen molar-refractivity contribution in [2.24, 2.45) is 0 Å². The molecule has 4 rings (SSSR count). The lowest BCUT2D eigenvalue weighted by Gasteiger charge is -2.16. The second-order valence-electron chi connectivity index (χ2n) is 7.61. The molecule has 0 radical (unpaired) electrons. The third-order valence-corrected chi connectivity index (χ3v) is 6.62. The minimum Gasteiger partial charge on any atom is -0.348 e. The maximum Gasteiger partial charge on any atom is 0.255 e. The number of rotatable bonds is 8. The molecular formula is C24H23N5O4S. The van der Waals surface area contributed by atoms with E-state index >= 15 is 0 Å². The van der Waals surface area contributed by atoms with Crippen LogP contribution in [0.1, 0.15) is 28.9 Å². The fraction of sp³-hybridized carbons (Fsp3) is 0.125. The summed E-state index contributed by atoms with van der Waals surface area (Å²) in [6.45, 7) is 1.35. The van der Waals surface area contributed by atoms with Gasteiger partial charge >= 0.3 is 0 Å². The first-order valence-corrected chi connectivity index (χ1v) is 12.0. The number of pyridine rings is 1. The molecule has 34 heavy (non-hydrogen) atoms. The van der Waals surface area contributed by atoms with Gasteiger partial charge in [0.05, 0.1) is 12.6 Å². The Labute approximate surface area is 196 Å². The van der Waals surface area contributed by atoms with Gasteiger partial charge < -0.3 is 15.6 Å². The topological polar surface area (TPSA) is 133 Å². The third kappa shape index (κ3) is 5.30. The summed E-state index contributed by atoms with van der Waals surface area (Å²) in [5.41, 5.74) is 2.32. The van der Waals surface area contributed by atoms with E-state index in [1.165, 1.54) is 6.20 Å². The summed E-state index contributed by atoms with van der Waals surface area (Å²) in [4.78, 5) is 31.7. The number of aromatic amines is 1. The number of aromatic nitrogens is 2. The smallest absolute Gasteiger partial charge is 0.255 e. The highest BCUT2D eigenvalue weighted by Crippen LogP contribution is 2.21. The molecule has 2 heterocycles. The van der Waals surface area contributed by atoms with Crippen LogP contribution in [-0.2, 0) is 14.8 Å². The van der Waals surface area contributed by atoms with Gasteiger partial charge in [-0.1, -0.05) is 30.3 Å². The van der Waals surface area contributed by atoms with Crippen LogP contribution >= 0.6 is 0 Å². The van der Waals surface area contributed by atoms with Gasteiger partial charge in [0, 0.05) is 29.0 Å². The van der Waals surface area contributed by atoms with Crippen molar-refractivity contribution in [3.63, 3.8) is 0 Å². The van der Waals surface area contributed by atoms with Crippen LogP contribution in [0.15, 0.2) is 84.0 Å². The largest absolute Gasteiger partial charge is 0.348 e. The van der Waals surface area contributed by atoms with E-state index in [1.54, 1.807) is 67.7 Å². The Morgan fingerprint density at radius 2 is 1.82 bits per heavy atom. The molecule has 0 spiro atoms. The zero-order chi connectivity index (χ0) is 24.1. The van der Waals surface area contributed by atoms with Crippen LogP contribution in [0.3, 0.4) is 0 Å². The molecule has 0 fully saturated rings. The molecule has 0 saturated carbocycles. The summed E-state index contributed by atoms with van der Waals surface area (Å²) >= 11 is 0. The molecule has 1 atom stereocenters. The van der Waals surface area contributed by atoms with Crippen LogP contribution in [0.4, 0.5) is 5.69 Å². The van der Waals surface area contributed by atoms with E-state index in [4.69, 9.17) is 0 Å². The molecule has 10 heteroatoms. The number of fused-ring (bicyclic) bond motifs is 1. The zero-order valence-corrected chi connectivity index (χ0v) is 19.1. The first-order chi connectivity index (χ1) is 16.3. The van der Waals surface area contributed by atoms with Gasteiger partial charge in [-0.2, -0.15) is 0 Å². The van der Waals surface area contributed by atoms with E-state index in [0.29, 0.717) is 22.3 Å². The third-order valence-electron chi connectivity index (χ3n) is 5.18. The fourth-order valence-corrected chi connectivity index (χ4v) is 4.59. The quantitative estimate of drug-likeness (QED) is 0.310. The number of sulfonamides is 1. The molecule has 4 aromatic rings. The van der Waals surface area contributed by atoms with Gasteiger partial charge in [-0.15, -0.1) is 0 Å². The lowest BCUT2D eigenvalue weighted by molar-refractivity contribution is -0.120. The normalized spacial score (nSPS) is 12.3. The molecule has 1 unspecified atom stereocenters. The first kappa shape index (κ1) is 23.1. The summed E-state index contributed by atoms with van der Waals surface area (Å²) in [5, 5.41) is 6.04. The van der Waals surface area contributed by atoms with Crippen LogP contribution in [0.5, 0.6) is 0 Å². The Morgan fingerprint density at radius 1 is 1.03 bits per heavy atom. The van der Waals surface area contributed by atoms with Crippen molar-refractivity contribution < 1.29 is 18.0 Å². The van der Waals surface area contributed by atoms with Crippen molar-refractivity contribution in [3.05, 3.63) is 90.3 Å². The number of carbonyl (C=O) groups excluding carboxylic acids is 2. The van der Waals surface area contributed by atoms with Crippen LogP contribution in [-0.4, -0.2) is 36.7 Å². The Kier molecular flexibility index (Phi) is 6.71. The Balaban J connectivity index is 1.36. The van der Waals surface area contributed by atoms with Crippen LogP contribution in [0.25, 0.3) is 11.0 Å². The SMILES string of the molecule is CC(NC(=O)CNS(=O)(=O)c1c[nH]c2ncccc12)c1cccc(NC(=O)c2ccccc2)c1. The van der Waals surface area contributed by atoms with Crippen LogP contribution in [0.2, 0.25) is 0 Å². The van der Waals surface area contributed by atoms with Gasteiger partial charge in [0.15, 0.2) is 0 Å². The van der Waals surface area contributed by atoms with Crippen molar-refractivity contribution in [2.75, 3.05) is 11.9 Å². The molecule has 9 nitrogen and oxygen atoms in total. The van der Waals surface area contributed by atoms with Gasteiger partial charge in [0.25, 0.3) is 5.91 Å². The molecule has 2 aromatic heterocycles. The minimum absolute atomic E-state index is 0.0262. The lowest BCUT2D eigenvalue weighted by atomic mass is 10.1. The summed E-state index contributed by atoms with van der Waals surface area (Å²) in [7, 11) is -3.92. The summed E-state index contributed by atoms with van der Waals surface area (Å²) in [5.74, 6) is -0.732. The molecular weight excluding hydrogens is 454 g/mol. The highest BCUT2D eigenvalue weighted by Gasteiger charge is 2.21. The number of hydrogen-bond acceptors (Lipinski definition) is 5. The Hall–Kier alpha value is -4.02. The van der Waals surface area contributed by atoms with Crippen LogP contribution in [0, 0.1) is 0 Å². The molecule has 174 valence electrons. The van der Waals surface area contributed by atoms with Gasteiger partial charge in [0.2, 0.25) is 15.9 Å². The fourth-order valence-electron chi connectivity index (χ4n) is 3.45. The molecule has 0 bridgehead atoms. The predicted molar refractivity (Wildman–Crippen MR) is 129 cm³/mol. The number of nitrogens with one attached hydrogen (secondary N) is 4. The van der Waals surface area contributed by atoms with Crippen molar-refractivity contribution in [2.45, 2.75) is 17.9 Å². The van der Waals surface area contributed by atoms with Gasteiger partial charge in [-0.05, 0) is 48.9 Å². The highest BCUT2D eigenvalue weighted by atomic mass is 32.2. The van der Waals surface area contributed by atoms with Gasteiger partial charge in [0.1, 0.15) is 10.5 Å². The Morgan fingerprint density at radius 3 is 2.62 bits per heavy atom. The Bertz CT molecular complexity index is 1430. The molecule has 2 aromatic carbocycles. The number of nitrogens with zero attached hydrogens (tertiary/aromatic N) is 1. The maximum absolute atomic E-state index is 12.7. The second-order valence-corrected chi connectivity index (χ2v) is 9.35. The van der Waals surface area contributed by atoms with Crippen molar-refractivity contribution >= 4 is 38.6 Å². The number of amides is 2. The molecule has 4 N–H and O–H groups in total. The average Bonchev–Trinajstić information content (AvgIpc) is 3.29. The van der Waals surface area contributed by atoms with E-state index in [-0.39, 0.29) is 10.8 Å². The molecule has 0 aliphatic heterocycles. The van der Waals surface area contributed by atoms with E-state index in [9.17, 15) is 18.0 Å². The summed E-state index contributed by atoms with van der Waals surface area (Å²) in [6.07, 6.45) is 2.90. The molecule has 2 amide bonds. The van der Waals surface area contributed by atoms with Crippen molar-refractivity contribution in [1.29, 1.82) is 0 Å². The maximum atomic E-state index is 12.7. The number of anilines is 1. The molecule has 0 saturated heterocycles. The summed E-state index contributed by atoms with van der Waals surface area (Å²) < 4.78 is 27.6. The van der Waals surface area contributed by atoms with Crippen molar-refractivity contribution in [3.8, 4) is 0 Å². The predicted octanol–water partition coefficient (Wildman–Crippen LogP) is 2.97. The van der Waals surface area contributed by atoms with Gasteiger partial charge in [-0.3, -0.25) is 9.59 Å². The van der Waals surface area contributed by atoms with E-state index in [0.717, 1.165) is 5.56 Å². The number of carbonyl (C=O) groups is 2. The molecule has 0 aliphatic rings. The van der Waals surface area contributed by atoms with E-state index in [1.807, 2.05) is 12.1 Å². The standard InChI is InChI=1S/C24H23N5O4S/c1-16(18-9-5-10-19(13-18)29-24(31)17-7-3-2-4-8-17)28-22(30)15-27-34(32,33)21-14-26-23-20(21)11-6-12-25-23/h2-14,16,27H,15H2,1H3,(H,25,26)(H,28,30)(H,29,31). The summed E-state index contributed by atoms with van der Waals surface area (Å²) in [6, 6.07) is 18.8. The lowest BCUT2D eigenvalue weighted by Crippen LogP contribution is -2.38. The first-order valence-electron chi connectivity index (χ1n) is 10.5.